The van der Waals surface area contributed by atoms with Crippen molar-refractivity contribution in [1.29, 1.82) is 0 Å². The summed E-state index contributed by atoms with van der Waals surface area (Å²) in [6.07, 6.45) is 3.54. The van der Waals surface area contributed by atoms with Crippen LogP contribution in [0.5, 0.6) is 0 Å². The predicted octanol–water partition coefficient (Wildman–Crippen LogP) is 1.16. The van der Waals surface area contributed by atoms with Crippen LogP contribution in [0, 0.1) is 0 Å². The molecule has 1 amide bonds. The van der Waals surface area contributed by atoms with Crippen LogP contribution >= 0.6 is 11.3 Å². The average Bonchev–Trinajstić information content (AvgIpc) is 3.04. The van der Waals surface area contributed by atoms with Gasteiger partial charge in [0.25, 0.3) is 5.91 Å². The Morgan fingerprint density at radius 3 is 3.05 bits per heavy atom. The molecule has 0 atom stereocenters. The third kappa shape index (κ3) is 3.49. The van der Waals surface area contributed by atoms with Gasteiger partial charge in [0.1, 0.15) is 0 Å². The first-order valence-corrected chi connectivity index (χ1v) is 6.06. The summed E-state index contributed by atoms with van der Waals surface area (Å²) in [5.41, 5.74) is 0.554. The molecule has 0 saturated heterocycles. The lowest BCUT2D eigenvalue weighted by Crippen LogP contribution is -2.23. The Labute approximate surface area is 111 Å². The number of aliphatic carboxylic acids is 1. The number of hydrogen-bond donors (Lipinski definition) is 2. The highest BCUT2D eigenvalue weighted by molar-refractivity contribution is 7.12. The highest BCUT2D eigenvalue weighted by Gasteiger charge is 2.12. The Kier molecular flexibility index (Phi) is 4.04. The number of carboxylic acid groups (broad SMARTS) is 1. The molecule has 0 spiro atoms. The molecule has 0 aliphatic heterocycles. The lowest BCUT2D eigenvalue weighted by Gasteiger charge is -2.01. The molecule has 0 radical (unpaired) electrons. The first-order chi connectivity index (χ1) is 9.16. The summed E-state index contributed by atoms with van der Waals surface area (Å²) in [5.74, 6) is -1.01. The minimum atomic E-state index is -1.07. The second-order valence-electron chi connectivity index (χ2n) is 3.41. The number of hydrogen-bond acceptors (Lipinski definition) is 6. The van der Waals surface area contributed by atoms with Crippen molar-refractivity contribution in [3.05, 3.63) is 40.2 Å². The van der Waals surface area contributed by atoms with Crippen molar-refractivity contribution < 1.29 is 19.2 Å². The topological polar surface area (TPSA) is 105 Å². The smallest absolute Gasteiger partial charge is 0.328 e. The first-order valence-electron chi connectivity index (χ1n) is 5.19. The van der Waals surface area contributed by atoms with Gasteiger partial charge >= 0.3 is 5.97 Å². The Bertz CT molecular complexity index is 603. The lowest BCUT2D eigenvalue weighted by atomic mass is 10.2. The SMILES string of the molecule is O=C(O)/C=C/c1ccsc1C(=O)NCc1ncon1. The quantitative estimate of drug-likeness (QED) is 0.795. The molecule has 19 heavy (non-hydrogen) atoms. The molecule has 2 N–H and O–H groups in total. The van der Waals surface area contributed by atoms with Gasteiger partial charge in [-0.25, -0.2) is 4.79 Å². The van der Waals surface area contributed by atoms with Crippen molar-refractivity contribution in [3.63, 3.8) is 0 Å². The maximum absolute atomic E-state index is 11.9. The zero-order chi connectivity index (χ0) is 13.7. The van der Waals surface area contributed by atoms with Crippen molar-refractivity contribution >= 4 is 29.3 Å². The summed E-state index contributed by atoms with van der Waals surface area (Å²) in [6.45, 7) is 0.148. The van der Waals surface area contributed by atoms with E-state index >= 15 is 0 Å². The van der Waals surface area contributed by atoms with Crippen molar-refractivity contribution in [2.75, 3.05) is 0 Å². The largest absolute Gasteiger partial charge is 0.478 e. The van der Waals surface area contributed by atoms with E-state index in [9.17, 15) is 9.59 Å². The van der Waals surface area contributed by atoms with Crippen LogP contribution in [0.4, 0.5) is 0 Å². The van der Waals surface area contributed by atoms with Crippen LogP contribution in [-0.4, -0.2) is 27.1 Å². The number of nitrogens with one attached hydrogen (secondary N) is 1. The van der Waals surface area contributed by atoms with Crippen molar-refractivity contribution in [2.24, 2.45) is 0 Å². The molecule has 0 bridgehead atoms. The fourth-order valence-corrected chi connectivity index (χ4v) is 2.11. The van der Waals surface area contributed by atoms with Crippen LogP contribution in [0.2, 0.25) is 0 Å². The number of carbonyl (C=O) groups excluding carboxylic acids is 1. The normalized spacial score (nSPS) is 10.7. The standard InChI is InChI=1S/C11H9N3O4S/c15-9(16)2-1-7-3-4-19-10(7)11(17)12-5-8-13-6-18-14-8/h1-4,6H,5H2,(H,12,17)(H,15,16)/b2-1+. The zero-order valence-corrected chi connectivity index (χ0v) is 10.4. The van der Waals surface area contributed by atoms with Crippen LogP contribution in [-0.2, 0) is 11.3 Å². The molecule has 2 rings (SSSR count). The maximum Gasteiger partial charge on any atom is 0.328 e. The van der Waals surface area contributed by atoms with Gasteiger partial charge in [-0.15, -0.1) is 11.3 Å². The van der Waals surface area contributed by atoms with Gasteiger partial charge in [0.05, 0.1) is 11.4 Å². The molecule has 2 aromatic rings. The molecule has 0 aliphatic carbocycles. The van der Waals surface area contributed by atoms with Gasteiger partial charge in [-0.05, 0) is 23.1 Å². The van der Waals surface area contributed by atoms with Gasteiger partial charge in [0.15, 0.2) is 5.82 Å². The average molecular weight is 279 g/mol. The van der Waals surface area contributed by atoms with Crippen LogP contribution < -0.4 is 5.32 Å². The molecule has 0 fully saturated rings. The molecule has 0 unspecified atom stereocenters. The number of rotatable bonds is 5. The van der Waals surface area contributed by atoms with Gasteiger partial charge in [-0.1, -0.05) is 5.16 Å². The van der Waals surface area contributed by atoms with Crippen LogP contribution in [0.1, 0.15) is 21.1 Å². The van der Waals surface area contributed by atoms with Gasteiger partial charge in [0.2, 0.25) is 6.39 Å². The van der Waals surface area contributed by atoms with Crippen LogP contribution in [0.15, 0.2) is 28.4 Å². The van der Waals surface area contributed by atoms with Crippen LogP contribution in [0.25, 0.3) is 6.08 Å². The highest BCUT2D eigenvalue weighted by atomic mass is 32.1. The van der Waals surface area contributed by atoms with Crippen LogP contribution in [0.3, 0.4) is 0 Å². The second kappa shape index (κ2) is 5.91. The summed E-state index contributed by atoms with van der Waals surface area (Å²) < 4.78 is 4.54. The molecule has 0 saturated carbocycles. The minimum absolute atomic E-state index is 0.148. The minimum Gasteiger partial charge on any atom is -0.478 e. The molecule has 0 aliphatic rings. The van der Waals surface area contributed by atoms with Gasteiger partial charge < -0.3 is 14.9 Å². The van der Waals surface area contributed by atoms with E-state index in [1.165, 1.54) is 23.8 Å². The molecular formula is C11H9N3O4S. The van der Waals surface area contributed by atoms with E-state index in [4.69, 9.17) is 5.11 Å². The molecule has 7 nitrogen and oxygen atoms in total. The van der Waals surface area contributed by atoms with E-state index in [1.807, 2.05) is 0 Å². The third-order valence-electron chi connectivity index (χ3n) is 2.12. The number of carbonyl (C=O) groups is 2. The lowest BCUT2D eigenvalue weighted by molar-refractivity contribution is -0.131. The maximum atomic E-state index is 11.9. The van der Waals surface area contributed by atoms with Gasteiger partial charge in [-0.3, -0.25) is 4.79 Å². The number of carboxylic acids is 1. The Morgan fingerprint density at radius 1 is 1.53 bits per heavy atom. The number of nitrogens with zero attached hydrogens (tertiary/aromatic N) is 2. The second-order valence-corrected chi connectivity index (χ2v) is 4.32. The number of aromatic nitrogens is 2. The van der Waals surface area contributed by atoms with Crippen molar-refractivity contribution in [1.82, 2.24) is 15.5 Å². The first kappa shape index (κ1) is 13.0. The van der Waals surface area contributed by atoms with E-state index < -0.39 is 5.97 Å². The zero-order valence-electron chi connectivity index (χ0n) is 9.57. The Balaban J connectivity index is 2.03. The highest BCUT2D eigenvalue weighted by Crippen LogP contribution is 2.18. The third-order valence-corrected chi connectivity index (χ3v) is 3.05. The van der Waals surface area contributed by atoms with E-state index in [-0.39, 0.29) is 12.5 Å². The van der Waals surface area contributed by atoms with E-state index in [2.05, 4.69) is 20.0 Å². The molecule has 0 aromatic carbocycles. The summed E-state index contributed by atoms with van der Waals surface area (Å²) in [7, 11) is 0. The van der Waals surface area contributed by atoms with Gasteiger partial charge in [0, 0.05) is 6.08 Å². The van der Waals surface area contributed by atoms with Crippen molar-refractivity contribution in [2.45, 2.75) is 6.54 Å². The Hall–Kier alpha value is -2.48. The van der Waals surface area contributed by atoms with E-state index in [1.54, 1.807) is 11.4 Å². The Morgan fingerprint density at radius 2 is 2.37 bits per heavy atom. The molecular weight excluding hydrogens is 270 g/mol. The summed E-state index contributed by atoms with van der Waals surface area (Å²) in [5, 5.41) is 16.5. The molecule has 8 heteroatoms. The van der Waals surface area contributed by atoms with Crippen molar-refractivity contribution in [3.8, 4) is 0 Å². The summed E-state index contributed by atoms with van der Waals surface area (Å²) in [6, 6.07) is 1.67. The molecule has 2 heterocycles. The van der Waals surface area contributed by atoms with Gasteiger partial charge in [-0.2, -0.15) is 4.98 Å². The van der Waals surface area contributed by atoms with E-state index in [0.29, 0.717) is 16.3 Å². The number of thiophene rings is 1. The predicted molar refractivity (Wildman–Crippen MR) is 66.5 cm³/mol. The summed E-state index contributed by atoms with van der Waals surface area (Å²) >= 11 is 1.23. The molecule has 98 valence electrons. The molecule has 2 aromatic heterocycles. The fourth-order valence-electron chi connectivity index (χ4n) is 1.31. The number of amides is 1. The van der Waals surface area contributed by atoms with E-state index in [0.717, 1.165) is 6.08 Å². The monoisotopic (exact) mass is 279 g/mol. The fraction of sp³-hybridized carbons (Fsp3) is 0.0909. The summed E-state index contributed by atoms with van der Waals surface area (Å²) in [4.78, 5) is 26.5.